The maximum Gasteiger partial charge on any atom is 0.243 e. The minimum atomic E-state index is -3.77. The van der Waals surface area contributed by atoms with Crippen molar-refractivity contribution in [3.05, 3.63) is 71.3 Å². The highest BCUT2D eigenvalue weighted by Crippen LogP contribution is 2.29. The molecule has 0 unspecified atom stereocenters. The SMILES string of the molecule is N=C(N)c1ccc(CNC(=O)[C@H]2CCCN2C(=O)[C@@H](CC2CCCCC2)NS(=O)(=O)Cc2ccccc2)cc1. The quantitative estimate of drug-likeness (QED) is 0.250. The first kappa shape index (κ1) is 28.8. The molecule has 2 aromatic carbocycles. The number of carbonyl (C=O) groups is 2. The standard InChI is InChI=1S/C29H39N5O4S/c30-27(31)24-15-13-22(14-16-24)19-32-28(35)26-12-7-17-34(26)29(36)25(18-21-8-3-1-4-9-21)33-39(37,38)20-23-10-5-2-6-11-23/h2,5-6,10-11,13-16,21,25-26,33H,1,3-4,7-9,12,17-20H2,(H3,30,31)(H,32,35)/t25-,26-/m1/s1. The Labute approximate surface area is 231 Å². The number of nitrogens with zero attached hydrogens (tertiary/aromatic N) is 1. The molecule has 1 saturated heterocycles. The third-order valence-corrected chi connectivity index (χ3v) is 9.04. The highest BCUT2D eigenvalue weighted by molar-refractivity contribution is 7.88. The van der Waals surface area contributed by atoms with Gasteiger partial charge in [0.05, 0.1) is 5.75 Å². The van der Waals surface area contributed by atoms with E-state index in [1.807, 2.05) is 6.07 Å². The zero-order chi connectivity index (χ0) is 27.8. The molecular weight excluding hydrogens is 514 g/mol. The topological polar surface area (TPSA) is 145 Å². The number of nitrogen functional groups attached to an aromatic ring is 1. The molecule has 0 radical (unpaired) electrons. The average Bonchev–Trinajstić information content (AvgIpc) is 3.42. The molecule has 1 saturated carbocycles. The lowest BCUT2D eigenvalue weighted by Crippen LogP contribution is -2.54. The van der Waals surface area contributed by atoms with Crippen LogP contribution >= 0.6 is 0 Å². The molecule has 2 aliphatic rings. The number of rotatable bonds is 11. The molecule has 1 aliphatic carbocycles. The number of likely N-dealkylation sites (tertiary alicyclic amines) is 1. The second-order valence-electron chi connectivity index (χ2n) is 10.7. The summed E-state index contributed by atoms with van der Waals surface area (Å²) >= 11 is 0. The van der Waals surface area contributed by atoms with Gasteiger partial charge in [0.25, 0.3) is 0 Å². The van der Waals surface area contributed by atoms with Gasteiger partial charge in [0.2, 0.25) is 21.8 Å². The van der Waals surface area contributed by atoms with Crippen LogP contribution in [0.4, 0.5) is 0 Å². The van der Waals surface area contributed by atoms with Gasteiger partial charge in [0.15, 0.2) is 0 Å². The fraction of sp³-hybridized carbons (Fsp3) is 0.483. The highest BCUT2D eigenvalue weighted by Gasteiger charge is 2.39. The summed E-state index contributed by atoms with van der Waals surface area (Å²) in [4.78, 5) is 28.5. The van der Waals surface area contributed by atoms with E-state index in [0.29, 0.717) is 36.9 Å². The summed E-state index contributed by atoms with van der Waals surface area (Å²) in [6.07, 6.45) is 6.97. The first-order valence-corrected chi connectivity index (χ1v) is 15.4. The first-order chi connectivity index (χ1) is 18.7. The van der Waals surface area contributed by atoms with Gasteiger partial charge in [0, 0.05) is 18.7 Å². The van der Waals surface area contributed by atoms with Gasteiger partial charge in [0.1, 0.15) is 17.9 Å². The summed E-state index contributed by atoms with van der Waals surface area (Å²) < 4.78 is 29.0. The number of carbonyl (C=O) groups excluding carboxylic acids is 2. The van der Waals surface area contributed by atoms with E-state index < -0.39 is 22.1 Å². The summed E-state index contributed by atoms with van der Waals surface area (Å²) in [5.41, 5.74) is 7.62. The van der Waals surface area contributed by atoms with Gasteiger partial charge in [-0.25, -0.2) is 13.1 Å². The van der Waals surface area contributed by atoms with E-state index in [-0.39, 0.29) is 35.9 Å². The van der Waals surface area contributed by atoms with Gasteiger partial charge in [-0.2, -0.15) is 0 Å². The largest absolute Gasteiger partial charge is 0.384 e. The van der Waals surface area contributed by atoms with Crippen LogP contribution in [-0.4, -0.2) is 49.6 Å². The van der Waals surface area contributed by atoms with Crippen molar-refractivity contribution in [3.8, 4) is 0 Å². The maximum absolute atomic E-state index is 13.8. The van der Waals surface area contributed by atoms with Crippen molar-refractivity contribution in [1.82, 2.24) is 14.9 Å². The molecule has 5 N–H and O–H groups in total. The van der Waals surface area contributed by atoms with Crippen LogP contribution in [0.25, 0.3) is 0 Å². The van der Waals surface area contributed by atoms with Crippen molar-refractivity contribution in [2.45, 2.75) is 75.7 Å². The first-order valence-electron chi connectivity index (χ1n) is 13.8. The molecule has 39 heavy (non-hydrogen) atoms. The van der Waals surface area contributed by atoms with E-state index in [1.54, 1.807) is 53.4 Å². The summed E-state index contributed by atoms with van der Waals surface area (Å²) in [5, 5.41) is 10.4. The van der Waals surface area contributed by atoms with E-state index in [2.05, 4.69) is 10.0 Å². The van der Waals surface area contributed by atoms with Gasteiger partial charge in [-0.1, -0.05) is 86.7 Å². The van der Waals surface area contributed by atoms with Crippen molar-refractivity contribution in [1.29, 1.82) is 5.41 Å². The lowest BCUT2D eigenvalue weighted by molar-refractivity contribution is -0.140. The smallest absolute Gasteiger partial charge is 0.243 e. The molecule has 4 rings (SSSR count). The molecule has 210 valence electrons. The molecule has 0 spiro atoms. The molecule has 10 heteroatoms. The number of sulfonamides is 1. The fourth-order valence-electron chi connectivity index (χ4n) is 5.62. The summed E-state index contributed by atoms with van der Waals surface area (Å²) in [7, 11) is -3.77. The van der Waals surface area contributed by atoms with E-state index in [1.165, 1.54) is 6.42 Å². The molecule has 2 atom stereocenters. The molecule has 9 nitrogen and oxygen atoms in total. The van der Waals surface area contributed by atoms with Crippen LogP contribution in [0.3, 0.4) is 0 Å². The Morgan fingerprint density at radius 1 is 0.949 bits per heavy atom. The van der Waals surface area contributed by atoms with E-state index >= 15 is 0 Å². The molecule has 0 aromatic heterocycles. The van der Waals surface area contributed by atoms with Crippen LogP contribution in [-0.2, 0) is 31.9 Å². The fourth-order valence-corrected chi connectivity index (χ4v) is 6.97. The van der Waals surface area contributed by atoms with Crippen LogP contribution in [0.15, 0.2) is 54.6 Å². The summed E-state index contributed by atoms with van der Waals surface area (Å²) in [5.74, 6) is -0.511. The van der Waals surface area contributed by atoms with Gasteiger partial charge >= 0.3 is 0 Å². The number of amidine groups is 1. The lowest BCUT2D eigenvalue weighted by atomic mass is 9.84. The average molecular weight is 554 g/mol. The zero-order valence-electron chi connectivity index (χ0n) is 22.3. The van der Waals surface area contributed by atoms with Crippen molar-refractivity contribution >= 4 is 27.7 Å². The predicted molar refractivity (Wildman–Crippen MR) is 151 cm³/mol. The number of amides is 2. The molecule has 1 aliphatic heterocycles. The van der Waals surface area contributed by atoms with Gasteiger partial charge < -0.3 is 16.0 Å². The second kappa shape index (κ2) is 13.2. The van der Waals surface area contributed by atoms with Crippen LogP contribution in [0.1, 0.15) is 68.1 Å². The summed E-state index contributed by atoms with van der Waals surface area (Å²) in [6, 6.07) is 14.5. The Morgan fingerprint density at radius 2 is 1.64 bits per heavy atom. The number of nitrogens with two attached hydrogens (primary N) is 1. The minimum Gasteiger partial charge on any atom is -0.384 e. The Kier molecular flexibility index (Phi) is 9.74. The Bertz CT molecular complexity index is 1240. The number of nitrogens with one attached hydrogen (secondary N) is 3. The van der Waals surface area contributed by atoms with Crippen LogP contribution in [0.5, 0.6) is 0 Å². The number of hydrogen-bond acceptors (Lipinski definition) is 5. The van der Waals surface area contributed by atoms with E-state index in [9.17, 15) is 18.0 Å². The monoisotopic (exact) mass is 553 g/mol. The normalized spacial score (nSPS) is 19.0. The van der Waals surface area contributed by atoms with Crippen molar-refractivity contribution in [2.75, 3.05) is 6.54 Å². The number of benzene rings is 2. The molecule has 0 bridgehead atoms. The molecule has 2 fully saturated rings. The predicted octanol–water partition coefficient (Wildman–Crippen LogP) is 3.04. The third-order valence-electron chi connectivity index (χ3n) is 7.68. The molecule has 2 amide bonds. The second-order valence-corrected chi connectivity index (χ2v) is 12.4. The van der Waals surface area contributed by atoms with Gasteiger partial charge in [-0.15, -0.1) is 0 Å². The highest BCUT2D eigenvalue weighted by atomic mass is 32.2. The van der Waals surface area contributed by atoms with Crippen molar-refractivity contribution in [2.24, 2.45) is 11.7 Å². The molecular formula is C29H39N5O4S. The van der Waals surface area contributed by atoms with E-state index in [4.69, 9.17) is 11.1 Å². The lowest BCUT2D eigenvalue weighted by Gasteiger charge is -2.31. The van der Waals surface area contributed by atoms with Crippen LogP contribution in [0, 0.1) is 11.3 Å². The Hall–Kier alpha value is -3.24. The minimum absolute atomic E-state index is 0.0205. The van der Waals surface area contributed by atoms with Crippen molar-refractivity contribution < 1.29 is 18.0 Å². The van der Waals surface area contributed by atoms with Crippen LogP contribution < -0.4 is 15.8 Å². The Morgan fingerprint density at radius 3 is 2.31 bits per heavy atom. The van der Waals surface area contributed by atoms with E-state index in [0.717, 1.165) is 31.2 Å². The summed E-state index contributed by atoms with van der Waals surface area (Å²) in [6.45, 7) is 0.705. The van der Waals surface area contributed by atoms with Gasteiger partial charge in [-0.05, 0) is 36.3 Å². The molecule has 2 aromatic rings. The Balaban J connectivity index is 1.44. The number of hydrogen-bond donors (Lipinski definition) is 4. The molecule has 1 heterocycles. The van der Waals surface area contributed by atoms with Gasteiger partial charge in [-0.3, -0.25) is 15.0 Å². The van der Waals surface area contributed by atoms with Crippen LogP contribution in [0.2, 0.25) is 0 Å². The zero-order valence-corrected chi connectivity index (χ0v) is 23.1. The maximum atomic E-state index is 13.8. The van der Waals surface area contributed by atoms with Crippen molar-refractivity contribution in [3.63, 3.8) is 0 Å². The third kappa shape index (κ3) is 8.12.